The minimum atomic E-state index is -0.592. The van der Waals surface area contributed by atoms with Crippen molar-refractivity contribution in [1.29, 1.82) is 5.26 Å². The Morgan fingerprint density at radius 3 is 2.35 bits per heavy atom. The highest BCUT2D eigenvalue weighted by Crippen LogP contribution is 2.39. The highest BCUT2D eigenvalue weighted by atomic mass is 16.5. The summed E-state index contributed by atoms with van der Waals surface area (Å²) < 4.78 is 6.40. The molecule has 1 aliphatic carbocycles. The van der Waals surface area contributed by atoms with Gasteiger partial charge in [-0.05, 0) is 60.4 Å². The fraction of sp³-hybridized carbons (Fsp3) is 0.333. The van der Waals surface area contributed by atoms with Crippen LogP contribution in [0.25, 0.3) is 11.1 Å². The Labute approximate surface area is 216 Å². The van der Waals surface area contributed by atoms with Crippen molar-refractivity contribution in [3.8, 4) is 28.7 Å². The Morgan fingerprint density at radius 2 is 1.70 bits per heavy atom. The molecule has 1 saturated carbocycles. The molecule has 3 N–H and O–H groups in total. The van der Waals surface area contributed by atoms with Crippen LogP contribution in [0, 0.1) is 17.2 Å². The van der Waals surface area contributed by atoms with Gasteiger partial charge in [0.1, 0.15) is 18.1 Å². The number of aromatic hydroxyl groups is 2. The number of nitrogens with zero attached hydrogens (tertiary/aromatic N) is 2. The molecule has 3 aromatic carbocycles. The molecule has 0 aromatic heterocycles. The van der Waals surface area contributed by atoms with E-state index in [0.29, 0.717) is 11.3 Å². The molecule has 37 heavy (non-hydrogen) atoms. The molecule has 3 aromatic rings. The lowest BCUT2D eigenvalue weighted by molar-refractivity contribution is -0.134. The monoisotopic (exact) mass is 497 g/mol. The van der Waals surface area contributed by atoms with Gasteiger partial charge in [-0.2, -0.15) is 5.26 Å². The van der Waals surface area contributed by atoms with Gasteiger partial charge < -0.3 is 25.2 Å². The highest BCUT2D eigenvalue weighted by molar-refractivity contribution is 5.92. The van der Waals surface area contributed by atoms with Crippen LogP contribution in [0.2, 0.25) is 0 Å². The Bertz CT molecular complexity index is 1280. The van der Waals surface area contributed by atoms with Crippen LogP contribution in [-0.2, 0) is 15.1 Å². The number of rotatable bonds is 8. The second kappa shape index (κ2) is 10.6. The summed E-state index contributed by atoms with van der Waals surface area (Å²) in [4.78, 5) is 15.2. The van der Waals surface area contributed by atoms with Gasteiger partial charge in [0.15, 0.2) is 0 Å². The first-order valence-corrected chi connectivity index (χ1v) is 12.7. The lowest BCUT2D eigenvalue weighted by Crippen LogP contribution is -2.45. The van der Waals surface area contributed by atoms with E-state index in [2.05, 4.69) is 28.4 Å². The van der Waals surface area contributed by atoms with Crippen molar-refractivity contribution in [2.45, 2.75) is 31.3 Å². The van der Waals surface area contributed by atoms with Gasteiger partial charge in [-0.3, -0.25) is 4.79 Å². The summed E-state index contributed by atoms with van der Waals surface area (Å²) in [6.07, 6.45) is 4.20. The molecule has 190 valence electrons. The minimum Gasteiger partial charge on any atom is -0.508 e. The number of ether oxygens (including phenoxy) is 1. The predicted octanol–water partition coefficient (Wildman–Crippen LogP) is 4.99. The average Bonchev–Trinajstić information content (AvgIpc) is 3.72. The van der Waals surface area contributed by atoms with E-state index in [4.69, 9.17) is 4.74 Å². The molecule has 0 unspecified atom stereocenters. The van der Waals surface area contributed by atoms with Crippen molar-refractivity contribution in [2.75, 3.05) is 31.6 Å². The summed E-state index contributed by atoms with van der Waals surface area (Å²) >= 11 is 0. The van der Waals surface area contributed by atoms with Crippen LogP contribution in [0.1, 0.15) is 36.8 Å². The predicted molar refractivity (Wildman–Crippen MR) is 141 cm³/mol. The maximum atomic E-state index is 12.7. The van der Waals surface area contributed by atoms with Crippen LogP contribution in [0.3, 0.4) is 0 Å². The number of hydrogen-bond acceptors (Lipinski definition) is 6. The van der Waals surface area contributed by atoms with Crippen molar-refractivity contribution in [3.05, 3.63) is 77.9 Å². The van der Waals surface area contributed by atoms with E-state index in [9.17, 15) is 20.3 Å². The number of hydrogen-bond donors (Lipinski definition) is 3. The van der Waals surface area contributed by atoms with Crippen LogP contribution in [0.5, 0.6) is 11.5 Å². The molecule has 0 spiro atoms. The molecule has 1 heterocycles. The standard InChI is InChI=1S/C30H31N3O4/c31-18-22-2-1-3-24(14-22)23-6-8-25(9-7-23)30(10-12-33(13-11-30)19-21-4-5-21)37-20-29(36)32-26-15-27(34)17-28(35)16-26/h1-3,6-9,14-17,21,34-35H,4-5,10-13,19-20H2,(H,32,36). The third-order valence-corrected chi connectivity index (χ3v) is 7.28. The molecule has 1 aliphatic heterocycles. The van der Waals surface area contributed by atoms with Crippen LogP contribution < -0.4 is 5.32 Å². The van der Waals surface area contributed by atoms with E-state index in [-0.39, 0.29) is 24.0 Å². The van der Waals surface area contributed by atoms with Crippen LogP contribution in [0.4, 0.5) is 5.69 Å². The number of benzene rings is 3. The first-order chi connectivity index (χ1) is 17.9. The second-order valence-electron chi connectivity index (χ2n) is 10.1. The van der Waals surface area contributed by atoms with Gasteiger partial charge in [-0.1, -0.05) is 36.4 Å². The number of piperidine rings is 1. The smallest absolute Gasteiger partial charge is 0.250 e. The van der Waals surface area contributed by atoms with Gasteiger partial charge in [0.2, 0.25) is 5.91 Å². The molecule has 5 rings (SSSR count). The van der Waals surface area contributed by atoms with Gasteiger partial charge >= 0.3 is 0 Å². The van der Waals surface area contributed by atoms with Gasteiger partial charge in [-0.25, -0.2) is 0 Å². The molecular formula is C30H31N3O4. The summed E-state index contributed by atoms with van der Waals surface area (Å²) in [5.74, 6) is 0.211. The van der Waals surface area contributed by atoms with E-state index in [1.165, 1.54) is 31.0 Å². The summed E-state index contributed by atoms with van der Waals surface area (Å²) in [5, 5.41) is 31.3. The normalized spacial score (nSPS) is 17.2. The zero-order valence-corrected chi connectivity index (χ0v) is 20.7. The van der Waals surface area contributed by atoms with Crippen molar-refractivity contribution in [2.24, 2.45) is 5.92 Å². The molecule has 7 heteroatoms. The third kappa shape index (κ3) is 6.11. The van der Waals surface area contributed by atoms with Crippen LogP contribution >= 0.6 is 0 Å². The maximum Gasteiger partial charge on any atom is 0.250 e. The number of anilines is 1. The number of carbonyl (C=O) groups excluding carboxylic acids is 1. The van der Waals surface area contributed by atoms with E-state index < -0.39 is 5.60 Å². The van der Waals surface area contributed by atoms with Gasteiger partial charge in [-0.15, -0.1) is 0 Å². The zero-order valence-electron chi connectivity index (χ0n) is 20.7. The molecule has 7 nitrogen and oxygen atoms in total. The Kier molecular flexibility index (Phi) is 7.13. The number of carbonyl (C=O) groups is 1. The van der Waals surface area contributed by atoms with Crippen LogP contribution in [0.15, 0.2) is 66.7 Å². The molecule has 2 fully saturated rings. The topological polar surface area (TPSA) is 106 Å². The number of nitrogens with one attached hydrogen (secondary N) is 1. The van der Waals surface area contributed by atoms with Crippen molar-refractivity contribution >= 4 is 11.6 Å². The lowest BCUT2D eigenvalue weighted by Gasteiger charge is -2.42. The van der Waals surface area contributed by atoms with Gasteiger partial charge in [0.05, 0.1) is 17.2 Å². The maximum absolute atomic E-state index is 12.7. The molecule has 0 bridgehead atoms. The van der Waals surface area contributed by atoms with E-state index in [0.717, 1.165) is 55.1 Å². The molecule has 0 atom stereocenters. The summed E-state index contributed by atoms with van der Waals surface area (Å²) in [6, 6.07) is 21.9. The van der Waals surface area contributed by atoms with Crippen LogP contribution in [-0.4, -0.2) is 47.3 Å². The van der Waals surface area contributed by atoms with E-state index in [1.807, 2.05) is 30.3 Å². The first-order valence-electron chi connectivity index (χ1n) is 12.7. The first kappa shape index (κ1) is 24.8. The van der Waals surface area contributed by atoms with Crippen molar-refractivity contribution in [3.63, 3.8) is 0 Å². The highest BCUT2D eigenvalue weighted by Gasteiger charge is 2.39. The van der Waals surface area contributed by atoms with E-state index >= 15 is 0 Å². The SMILES string of the molecule is N#Cc1cccc(-c2ccc(C3(OCC(=O)Nc4cc(O)cc(O)c4)CCN(CC4CC4)CC3)cc2)c1. The van der Waals surface area contributed by atoms with Crippen molar-refractivity contribution in [1.82, 2.24) is 4.90 Å². The molecule has 0 radical (unpaired) electrons. The number of likely N-dealkylation sites (tertiary alicyclic amines) is 1. The Balaban J connectivity index is 1.32. The fourth-order valence-corrected chi connectivity index (χ4v) is 5.08. The minimum absolute atomic E-state index is 0.129. The molecule has 1 saturated heterocycles. The Hall–Kier alpha value is -3.86. The Morgan fingerprint density at radius 1 is 1.00 bits per heavy atom. The average molecular weight is 498 g/mol. The second-order valence-corrected chi connectivity index (χ2v) is 10.1. The van der Waals surface area contributed by atoms with Gasteiger partial charge in [0, 0.05) is 43.5 Å². The van der Waals surface area contributed by atoms with E-state index in [1.54, 1.807) is 6.07 Å². The summed E-state index contributed by atoms with van der Waals surface area (Å²) in [7, 11) is 0. The number of phenols is 2. The largest absolute Gasteiger partial charge is 0.508 e. The van der Waals surface area contributed by atoms with Crippen molar-refractivity contribution < 1.29 is 19.7 Å². The summed E-state index contributed by atoms with van der Waals surface area (Å²) in [5.41, 5.74) is 3.36. The fourth-order valence-electron chi connectivity index (χ4n) is 5.08. The summed E-state index contributed by atoms with van der Waals surface area (Å²) in [6.45, 7) is 2.80. The lowest BCUT2D eigenvalue weighted by atomic mass is 9.83. The molecular weight excluding hydrogens is 466 g/mol. The third-order valence-electron chi connectivity index (χ3n) is 7.28. The molecule has 2 aliphatic rings. The quantitative estimate of drug-likeness (QED) is 0.405. The zero-order chi connectivity index (χ0) is 25.8. The van der Waals surface area contributed by atoms with Gasteiger partial charge in [0.25, 0.3) is 0 Å². The number of nitriles is 1. The number of amides is 1. The molecule has 1 amide bonds. The number of phenolic OH excluding ortho intramolecular Hbond substituents is 2.